The Balaban J connectivity index is 1.63. The van der Waals surface area contributed by atoms with Gasteiger partial charge in [-0.05, 0) is 49.2 Å². The maximum Gasteiger partial charge on any atom is 0.240 e. The van der Waals surface area contributed by atoms with Gasteiger partial charge in [-0.25, -0.2) is 4.99 Å². The number of aryl methyl sites for hydroxylation is 2. The van der Waals surface area contributed by atoms with Gasteiger partial charge >= 0.3 is 0 Å². The maximum atomic E-state index is 12.1. The van der Waals surface area contributed by atoms with E-state index in [1.165, 1.54) is 17.3 Å². The van der Waals surface area contributed by atoms with E-state index >= 15 is 0 Å². The van der Waals surface area contributed by atoms with Crippen LogP contribution in [0.4, 0.5) is 11.4 Å². The Morgan fingerprint density at radius 2 is 1.92 bits per heavy atom. The average Bonchev–Trinajstić information content (AvgIpc) is 2.91. The van der Waals surface area contributed by atoms with Crippen molar-refractivity contribution in [2.24, 2.45) is 4.99 Å². The number of anilines is 1. The third kappa shape index (κ3) is 4.48. The van der Waals surface area contributed by atoms with Crippen LogP contribution in [0.25, 0.3) is 0 Å². The van der Waals surface area contributed by atoms with Crippen molar-refractivity contribution < 1.29 is 9.59 Å². The second kappa shape index (κ2) is 7.53. The van der Waals surface area contributed by atoms with Gasteiger partial charge in [0.2, 0.25) is 11.8 Å². The monoisotopic (exact) mass is 353 g/mol. The number of benzene rings is 2. The number of aliphatic imine (C=N–C) groups is 1. The minimum absolute atomic E-state index is 0.108. The maximum absolute atomic E-state index is 12.1. The first-order valence-electron chi connectivity index (χ1n) is 7.99. The number of nitrogens with one attached hydrogen (secondary N) is 2. The van der Waals surface area contributed by atoms with Crippen LogP contribution < -0.4 is 10.6 Å². The Kier molecular flexibility index (Phi) is 5.19. The fourth-order valence-corrected chi connectivity index (χ4v) is 3.39. The van der Waals surface area contributed by atoms with Crippen molar-refractivity contribution in [3.8, 4) is 0 Å². The molecule has 0 aromatic heterocycles. The van der Waals surface area contributed by atoms with E-state index in [0.29, 0.717) is 5.17 Å². The van der Waals surface area contributed by atoms with E-state index in [0.717, 1.165) is 16.9 Å². The number of thioether (sulfide) groups is 1. The number of hydrogen-bond acceptors (Lipinski definition) is 4. The zero-order valence-electron chi connectivity index (χ0n) is 14.1. The van der Waals surface area contributed by atoms with Gasteiger partial charge < -0.3 is 10.6 Å². The average molecular weight is 353 g/mol. The molecule has 3 rings (SSSR count). The molecule has 1 atom stereocenters. The largest absolute Gasteiger partial charge is 0.326 e. The van der Waals surface area contributed by atoms with Crippen LogP contribution in [0.2, 0.25) is 0 Å². The first kappa shape index (κ1) is 17.2. The Morgan fingerprint density at radius 3 is 2.64 bits per heavy atom. The number of carbonyl (C=O) groups is 2. The molecule has 2 aromatic rings. The smallest absolute Gasteiger partial charge is 0.240 e. The number of amides is 2. The summed E-state index contributed by atoms with van der Waals surface area (Å²) in [5, 5.41) is 5.61. The van der Waals surface area contributed by atoms with Crippen LogP contribution in [0, 0.1) is 13.8 Å². The molecule has 1 heterocycles. The lowest BCUT2D eigenvalue weighted by molar-refractivity contribution is -0.122. The molecule has 0 saturated carbocycles. The quantitative estimate of drug-likeness (QED) is 0.883. The van der Waals surface area contributed by atoms with E-state index in [-0.39, 0.29) is 18.2 Å². The van der Waals surface area contributed by atoms with Crippen molar-refractivity contribution in [2.45, 2.75) is 25.5 Å². The van der Waals surface area contributed by atoms with Crippen LogP contribution in [0.5, 0.6) is 0 Å². The van der Waals surface area contributed by atoms with Crippen LogP contribution in [0.1, 0.15) is 17.5 Å². The van der Waals surface area contributed by atoms with Crippen LogP contribution >= 0.6 is 11.8 Å². The predicted molar refractivity (Wildman–Crippen MR) is 102 cm³/mol. The zero-order chi connectivity index (χ0) is 17.8. The summed E-state index contributed by atoms with van der Waals surface area (Å²) in [7, 11) is 0. The van der Waals surface area contributed by atoms with Crippen molar-refractivity contribution in [3.63, 3.8) is 0 Å². The molecule has 1 aliphatic heterocycles. The SMILES string of the molecule is Cc1ccc(N=C2NC(=O)C(CC(=O)Nc3ccccc3)S2)cc1C. The van der Waals surface area contributed by atoms with E-state index < -0.39 is 5.25 Å². The lowest BCUT2D eigenvalue weighted by Gasteiger charge is -2.07. The number of rotatable bonds is 4. The van der Waals surface area contributed by atoms with E-state index in [2.05, 4.69) is 15.6 Å². The Bertz CT molecular complexity index is 834. The number of amidine groups is 1. The standard InChI is InChI=1S/C19H19N3O2S/c1-12-8-9-15(10-13(12)2)21-19-22-18(24)16(25-19)11-17(23)20-14-6-4-3-5-7-14/h3-10,16H,11H2,1-2H3,(H,20,23)(H,21,22,24). The molecule has 0 spiro atoms. The molecule has 1 unspecified atom stereocenters. The van der Waals surface area contributed by atoms with Gasteiger partial charge in [0.25, 0.3) is 0 Å². The van der Waals surface area contributed by atoms with Gasteiger partial charge in [0, 0.05) is 12.1 Å². The van der Waals surface area contributed by atoms with Crippen LogP contribution in [0.3, 0.4) is 0 Å². The van der Waals surface area contributed by atoms with Crippen molar-refractivity contribution in [1.29, 1.82) is 0 Å². The van der Waals surface area contributed by atoms with Crippen molar-refractivity contribution in [2.75, 3.05) is 5.32 Å². The Morgan fingerprint density at radius 1 is 1.16 bits per heavy atom. The van der Waals surface area contributed by atoms with Crippen molar-refractivity contribution >= 4 is 40.1 Å². The molecule has 128 valence electrons. The normalized spacial score (nSPS) is 18.2. The van der Waals surface area contributed by atoms with Gasteiger partial charge in [0.05, 0.1) is 5.69 Å². The summed E-state index contributed by atoms with van der Waals surface area (Å²) in [6.45, 7) is 4.07. The molecule has 25 heavy (non-hydrogen) atoms. The highest BCUT2D eigenvalue weighted by atomic mass is 32.2. The van der Waals surface area contributed by atoms with Gasteiger partial charge in [-0.1, -0.05) is 36.0 Å². The van der Waals surface area contributed by atoms with E-state index in [1.54, 1.807) is 0 Å². The zero-order valence-corrected chi connectivity index (χ0v) is 14.9. The summed E-state index contributed by atoms with van der Waals surface area (Å²) in [6.07, 6.45) is 0.108. The van der Waals surface area contributed by atoms with Gasteiger partial charge in [-0.3, -0.25) is 9.59 Å². The van der Waals surface area contributed by atoms with E-state index in [1.807, 2.05) is 62.4 Å². The molecular weight excluding hydrogens is 334 g/mol. The lowest BCUT2D eigenvalue weighted by Crippen LogP contribution is -2.28. The third-order valence-corrected chi connectivity index (χ3v) is 5.01. The van der Waals surface area contributed by atoms with Crippen LogP contribution in [-0.2, 0) is 9.59 Å². The third-order valence-electron chi connectivity index (χ3n) is 3.93. The number of carbonyl (C=O) groups excluding carboxylic acids is 2. The van der Waals surface area contributed by atoms with E-state index in [9.17, 15) is 9.59 Å². The summed E-state index contributed by atoms with van der Waals surface area (Å²) < 4.78 is 0. The molecular formula is C19H19N3O2S. The fourth-order valence-electron chi connectivity index (χ4n) is 2.41. The molecule has 0 radical (unpaired) electrons. The number of nitrogens with zero attached hydrogens (tertiary/aromatic N) is 1. The summed E-state index contributed by atoms with van der Waals surface area (Å²) in [5.74, 6) is -0.373. The number of para-hydroxylation sites is 1. The molecule has 1 fully saturated rings. The summed E-state index contributed by atoms with van der Waals surface area (Å²) >= 11 is 1.29. The highest BCUT2D eigenvalue weighted by molar-refractivity contribution is 8.15. The number of hydrogen-bond donors (Lipinski definition) is 2. The summed E-state index contributed by atoms with van der Waals surface area (Å²) in [6, 6.07) is 15.1. The van der Waals surface area contributed by atoms with Gasteiger partial charge in [-0.2, -0.15) is 0 Å². The summed E-state index contributed by atoms with van der Waals surface area (Å²) in [5.41, 5.74) is 3.86. The molecule has 1 saturated heterocycles. The summed E-state index contributed by atoms with van der Waals surface area (Å²) in [4.78, 5) is 28.7. The minimum Gasteiger partial charge on any atom is -0.326 e. The first-order valence-corrected chi connectivity index (χ1v) is 8.87. The molecule has 1 aliphatic rings. The molecule has 0 bridgehead atoms. The van der Waals surface area contributed by atoms with E-state index in [4.69, 9.17) is 0 Å². The van der Waals surface area contributed by atoms with Crippen molar-refractivity contribution in [1.82, 2.24) is 5.32 Å². The molecule has 0 aliphatic carbocycles. The van der Waals surface area contributed by atoms with Gasteiger partial charge in [-0.15, -0.1) is 0 Å². The van der Waals surface area contributed by atoms with Gasteiger partial charge in [0.15, 0.2) is 5.17 Å². The lowest BCUT2D eigenvalue weighted by atomic mass is 10.1. The second-order valence-electron chi connectivity index (χ2n) is 5.90. The molecule has 5 nitrogen and oxygen atoms in total. The Labute approximate surface area is 150 Å². The fraction of sp³-hybridized carbons (Fsp3) is 0.211. The molecule has 2 amide bonds. The second-order valence-corrected chi connectivity index (χ2v) is 7.09. The highest BCUT2D eigenvalue weighted by Crippen LogP contribution is 2.26. The van der Waals surface area contributed by atoms with Crippen LogP contribution in [-0.4, -0.2) is 22.2 Å². The first-order chi connectivity index (χ1) is 12.0. The van der Waals surface area contributed by atoms with Gasteiger partial charge in [0.1, 0.15) is 5.25 Å². The molecule has 2 aromatic carbocycles. The highest BCUT2D eigenvalue weighted by Gasteiger charge is 2.32. The predicted octanol–water partition coefficient (Wildman–Crippen LogP) is 3.55. The molecule has 2 N–H and O–H groups in total. The molecule has 6 heteroatoms. The Hall–Kier alpha value is -2.60. The van der Waals surface area contributed by atoms with Crippen molar-refractivity contribution in [3.05, 3.63) is 59.7 Å². The minimum atomic E-state index is -0.464. The van der Waals surface area contributed by atoms with Crippen LogP contribution in [0.15, 0.2) is 53.5 Å². The topological polar surface area (TPSA) is 70.6 Å².